The third-order valence-corrected chi connectivity index (χ3v) is 33.5. The van der Waals surface area contributed by atoms with Gasteiger partial charge in [0.05, 0.1) is 60.7 Å². The Balaban J connectivity index is 0.0000000919. The Bertz CT molecular complexity index is 10800. The number of fused-ring (bicyclic) bond motifs is 42. The molecule has 129 heavy (non-hydrogen) atoms. The molecule has 33 aromatic rings. The maximum atomic E-state index is 6.12. The first kappa shape index (κ1) is 69.6. The van der Waals surface area contributed by atoms with Gasteiger partial charge in [-0.05, 0) is 179 Å². The van der Waals surface area contributed by atoms with E-state index in [9.17, 15) is 0 Å². The lowest BCUT2D eigenvalue weighted by molar-refractivity contribution is 0.669. The summed E-state index contributed by atoms with van der Waals surface area (Å²) in [6.07, 6.45) is 0. The SMILES string of the molecule is c1ccc2nc3c(cc2c1)c1cc2c4ccccc4sc2c2c4cc(-c5ccc6c(c5)sc5ccccc56)ccc4n3c12.c1ccc2nc3c(nc2c1)c1cc2c4ccccc4sc2c2c4cc(-c5ccc6oc7ccccc7c6c5)ccc4n3c12.c1ccc2nc3c(nc2c1)c1cc2c4ccccc4sc2c2c4cc(-c5cccc6c5sc5ccccc56)ccc4n3c12. The molecule has 0 aliphatic carbocycles. The van der Waals surface area contributed by atoms with Crippen LogP contribution in [0.15, 0.2) is 356 Å². The van der Waals surface area contributed by atoms with Crippen molar-refractivity contribution in [2.75, 3.05) is 0 Å². The molecule has 9 nitrogen and oxygen atoms in total. The largest absolute Gasteiger partial charge is 0.456 e. The summed E-state index contributed by atoms with van der Waals surface area (Å²) in [7, 11) is 0. The van der Waals surface area contributed by atoms with Crippen LogP contribution in [0.2, 0.25) is 0 Å². The third kappa shape index (κ3) is 9.56. The van der Waals surface area contributed by atoms with Gasteiger partial charge in [-0.15, -0.1) is 56.7 Å². The summed E-state index contributed by atoms with van der Waals surface area (Å²) in [6.45, 7) is 0. The van der Waals surface area contributed by atoms with Gasteiger partial charge in [0.2, 0.25) is 0 Å². The van der Waals surface area contributed by atoms with E-state index in [1.807, 2.05) is 99.1 Å². The van der Waals surface area contributed by atoms with Gasteiger partial charge in [0, 0.05) is 171 Å². The number of para-hydroxylation sites is 6. The third-order valence-electron chi connectivity index (χ3n) is 27.5. The Hall–Kier alpha value is -15.7. The highest BCUT2D eigenvalue weighted by molar-refractivity contribution is 7.28. The number of furan rings is 1. The molecule has 15 heterocycles. The quantitative estimate of drug-likeness (QED) is 0.175. The Morgan fingerprint density at radius 2 is 0.574 bits per heavy atom. The predicted octanol–water partition coefficient (Wildman–Crippen LogP) is 33.7. The van der Waals surface area contributed by atoms with Gasteiger partial charge in [0.15, 0.2) is 11.3 Å². The number of pyridine rings is 1. The van der Waals surface area contributed by atoms with E-state index >= 15 is 0 Å². The second-order valence-electron chi connectivity index (χ2n) is 34.3. The van der Waals surface area contributed by atoms with Gasteiger partial charge in [-0.25, -0.2) is 24.9 Å². The smallest absolute Gasteiger partial charge is 0.165 e. The number of thiophene rings is 5. The number of nitrogens with zero attached hydrogens (tertiary/aromatic N) is 8. The van der Waals surface area contributed by atoms with Crippen LogP contribution >= 0.6 is 56.7 Å². The first-order chi connectivity index (χ1) is 63.9. The summed E-state index contributed by atoms with van der Waals surface area (Å²) < 4.78 is 26.6. The van der Waals surface area contributed by atoms with Gasteiger partial charge in [-0.3, -0.25) is 13.2 Å². The fourth-order valence-corrected chi connectivity index (χ4v) is 27.9. The molecule has 0 bridgehead atoms. The summed E-state index contributed by atoms with van der Waals surface area (Å²) in [6, 6.07) is 127. The monoisotopic (exact) mass is 1730 g/mol. The fourth-order valence-electron chi connectivity index (χ4n) is 21.8. The molecule has 0 fully saturated rings. The lowest BCUT2D eigenvalue weighted by atomic mass is 9.99. The van der Waals surface area contributed by atoms with Crippen molar-refractivity contribution in [1.82, 2.24) is 38.1 Å². The Morgan fingerprint density at radius 1 is 0.202 bits per heavy atom. The Kier molecular flexibility index (Phi) is 13.8. The maximum Gasteiger partial charge on any atom is 0.165 e. The van der Waals surface area contributed by atoms with E-state index in [0.717, 1.165) is 88.4 Å². The molecule has 0 N–H and O–H groups in total. The summed E-state index contributed by atoms with van der Waals surface area (Å²) >= 11 is 9.45. The van der Waals surface area contributed by atoms with Gasteiger partial charge in [-0.2, -0.15) is 0 Å². The zero-order chi connectivity index (χ0) is 83.4. The van der Waals surface area contributed by atoms with Gasteiger partial charge >= 0.3 is 0 Å². The minimum Gasteiger partial charge on any atom is -0.456 e. The summed E-state index contributed by atoms with van der Waals surface area (Å²) in [5.74, 6) is 0. The van der Waals surface area contributed by atoms with Crippen LogP contribution in [0.3, 0.4) is 0 Å². The zero-order valence-electron chi connectivity index (χ0n) is 68.0. The normalized spacial score (nSPS) is 12.7. The molecule has 0 amide bonds. The summed E-state index contributed by atoms with van der Waals surface area (Å²) in [4.78, 5) is 26.0. The van der Waals surface area contributed by atoms with Crippen LogP contribution < -0.4 is 0 Å². The topological polar surface area (TPSA) is 90.8 Å². The fraction of sp³-hybridized carbons (Fsp3) is 0. The van der Waals surface area contributed by atoms with Crippen LogP contribution in [0.5, 0.6) is 0 Å². The molecule has 0 atom stereocenters. The Morgan fingerprint density at radius 3 is 1.13 bits per heavy atom. The average Bonchev–Trinajstić information content (AvgIpc) is 1.53. The molecule has 0 saturated carbocycles. The highest BCUT2D eigenvalue weighted by atomic mass is 32.1. The van der Waals surface area contributed by atoms with E-state index in [-0.39, 0.29) is 0 Å². The van der Waals surface area contributed by atoms with Crippen LogP contribution in [-0.2, 0) is 0 Å². The van der Waals surface area contributed by atoms with Crippen molar-refractivity contribution in [2.45, 2.75) is 0 Å². The van der Waals surface area contributed by atoms with Crippen LogP contribution in [0.1, 0.15) is 0 Å². The van der Waals surface area contributed by atoms with Gasteiger partial charge in [-0.1, -0.05) is 206 Å². The lowest BCUT2D eigenvalue weighted by Crippen LogP contribution is -1.89. The molecule has 0 unspecified atom stereocenters. The highest BCUT2D eigenvalue weighted by Crippen LogP contribution is 2.54. The van der Waals surface area contributed by atoms with Crippen molar-refractivity contribution in [1.29, 1.82) is 0 Å². The van der Waals surface area contributed by atoms with Crippen molar-refractivity contribution < 1.29 is 4.42 Å². The van der Waals surface area contributed by atoms with Crippen molar-refractivity contribution in [3.05, 3.63) is 352 Å². The number of hydrogen-bond donors (Lipinski definition) is 0. The molecule has 0 aliphatic rings. The van der Waals surface area contributed by atoms with Crippen molar-refractivity contribution in [2.24, 2.45) is 0 Å². The molecule has 15 aromatic heterocycles. The van der Waals surface area contributed by atoms with E-state index < -0.39 is 0 Å². The van der Waals surface area contributed by atoms with E-state index in [1.165, 1.54) is 216 Å². The molecule has 0 saturated heterocycles. The van der Waals surface area contributed by atoms with Gasteiger partial charge in [0.25, 0.3) is 0 Å². The molecule has 14 heteroatoms. The van der Waals surface area contributed by atoms with Crippen molar-refractivity contribution in [3.8, 4) is 33.4 Å². The second kappa shape index (κ2) is 25.6. The van der Waals surface area contributed by atoms with Crippen LogP contribution in [-0.4, -0.2) is 38.1 Å². The number of rotatable bonds is 3. The first-order valence-corrected chi connectivity index (χ1v) is 47.5. The van der Waals surface area contributed by atoms with E-state index in [2.05, 4.69) is 323 Å². The van der Waals surface area contributed by atoms with E-state index in [1.54, 1.807) is 0 Å². The number of aromatic nitrogens is 8. The van der Waals surface area contributed by atoms with Crippen LogP contribution in [0.25, 0.3) is 304 Å². The number of hydrogen-bond acceptors (Lipinski definition) is 11. The van der Waals surface area contributed by atoms with Crippen molar-refractivity contribution in [3.63, 3.8) is 0 Å². The van der Waals surface area contributed by atoms with E-state index in [4.69, 9.17) is 29.3 Å². The minimum absolute atomic E-state index is 0.911. The van der Waals surface area contributed by atoms with E-state index in [0.29, 0.717) is 0 Å². The molecule has 33 rings (SSSR count). The molecule has 0 radical (unpaired) electrons. The molecule has 18 aromatic carbocycles. The lowest BCUT2D eigenvalue weighted by Gasteiger charge is -2.06. The standard InChI is InChI=1S/C39H20N2S2.C38H19N3OS.C38H19N3S2/c1-4-10-31-23(7-1)18-29-27-20-28-25-9-3-6-12-34(25)43-38(28)36-30-17-21(14-16-32(30)41(37(27)36)39(29)40-31)22-13-15-26-24-8-2-5-11-33(24)42-35(26)19-22;1-5-11-31-22(7-1)24-17-21(14-16-32(24)42-31)20-13-15-30-26(18-20)34-36-27(19-25-23-8-2-6-12-33(23)43-37(25)34)35-38(41(30)36)40-29-10-4-3-9-28(29)39-35;1-5-14-31-22(8-1)24-11-7-10-21(36(24)42-31)20-16-17-30-26(18-20)33-35-27(19-25-23-9-2-6-15-32(23)43-37(25)33)34-38(41(30)35)40-29-13-4-3-12-28(29)39-34/h1-20H;2*1-19H. The highest BCUT2D eigenvalue weighted by Gasteiger charge is 2.30. The molecule has 0 aliphatic heterocycles. The summed E-state index contributed by atoms with van der Waals surface area (Å²) in [5, 5.41) is 29.2. The number of benzene rings is 18. The Labute approximate surface area is 748 Å². The summed E-state index contributed by atoms with van der Waals surface area (Å²) in [5.41, 5.74) is 26.0. The minimum atomic E-state index is 0.911. The van der Waals surface area contributed by atoms with Crippen LogP contribution in [0, 0.1) is 0 Å². The predicted molar refractivity (Wildman–Crippen MR) is 553 cm³/mol. The average molecular weight is 1730 g/mol. The van der Waals surface area contributed by atoms with Crippen LogP contribution in [0.4, 0.5) is 0 Å². The second-order valence-corrected chi connectivity index (χ2v) is 39.6. The molecule has 594 valence electrons. The van der Waals surface area contributed by atoms with Crippen molar-refractivity contribution >= 4 is 327 Å². The van der Waals surface area contributed by atoms with Gasteiger partial charge < -0.3 is 4.42 Å². The molecule has 0 spiro atoms. The molecular formula is C115H58N8OS5. The molecular weight excluding hydrogens is 1670 g/mol. The first-order valence-electron chi connectivity index (χ1n) is 43.4. The maximum absolute atomic E-state index is 6.12. The van der Waals surface area contributed by atoms with Gasteiger partial charge in [0.1, 0.15) is 27.8 Å². The zero-order valence-corrected chi connectivity index (χ0v) is 72.1.